The van der Waals surface area contributed by atoms with Gasteiger partial charge in [-0.2, -0.15) is 0 Å². The minimum Gasteiger partial charge on any atom is -0.379 e. The highest BCUT2D eigenvalue weighted by Gasteiger charge is 2.34. The average Bonchev–Trinajstić information content (AvgIpc) is 3.34. The molecule has 0 saturated carbocycles. The normalized spacial score (nSPS) is 20.4. The fourth-order valence-corrected chi connectivity index (χ4v) is 4.46. The van der Waals surface area contributed by atoms with E-state index in [1.165, 1.54) is 12.1 Å². The molecule has 2 aromatic carbocycles. The molecule has 30 heavy (non-hydrogen) atoms. The molecule has 1 unspecified atom stereocenters. The number of anilines is 1. The van der Waals surface area contributed by atoms with Crippen LogP contribution in [0.25, 0.3) is 11.0 Å². The number of imidazole rings is 1. The first-order chi connectivity index (χ1) is 14.7. The number of hydrogen-bond acceptors (Lipinski definition) is 4. The topological polar surface area (TPSA) is 50.6 Å². The summed E-state index contributed by atoms with van der Waals surface area (Å²) < 4.78 is 21.0. The van der Waals surface area contributed by atoms with Crippen LogP contribution in [-0.2, 0) is 16.1 Å². The Bertz CT molecular complexity index is 1040. The first kappa shape index (κ1) is 19.2. The predicted molar refractivity (Wildman–Crippen MR) is 113 cm³/mol. The molecular formula is C23H25FN4O2. The van der Waals surface area contributed by atoms with Crippen molar-refractivity contribution in [2.45, 2.75) is 18.9 Å². The summed E-state index contributed by atoms with van der Waals surface area (Å²) in [5.41, 5.74) is 2.80. The fraction of sp³-hybridized carbons (Fsp3) is 0.391. The lowest BCUT2D eigenvalue weighted by Crippen LogP contribution is -2.38. The number of rotatable bonds is 5. The minimum absolute atomic E-state index is 0.0136. The summed E-state index contributed by atoms with van der Waals surface area (Å²) in [5, 5.41) is 0. The largest absolute Gasteiger partial charge is 0.379 e. The molecule has 0 aliphatic carbocycles. The number of morpholine rings is 1. The Hall–Kier alpha value is -2.77. The highest BCUT2D eigenvalue weighted by Crippen LogP contribution is 2.33. The van der Waals surface area contributed by atoms with Gasteiger partial charge in [0.25, 0.3) is 0 Å². The molecule has 1 amide bonds. The first-order valence-corrected chi connectivity index (χ1v) is 10.5. The van der Waals surface area contributed by atoms with E-state index in [0.717, 1.165) is 61.9 Å². The summed E-state index contributed by atoms with van der Waals surface area (Å²) in [7, 11) is 0. The summed E-state index contributed by atoms with van der Waals surface area (Å²) in [4.78, 5) is 21.8. The van der Waals surface area contributed by atoms with Gasteiger partial charge in [0.1, 0.15) is 11.6 Å². The van der Waals surface area contributed by atoms with Crippen molar-refractivity contribution in [2.75, 3.05) is 44.3 Å². The van der Waals surface area contributed by atoms with Gasteiger partial charge in [-0.3, -0.25) is 9.69 Å². The molecule has 2 fully saturated rings. The van der Waals surface area contributed by atoms with Gasteiger partial charge in [0, 0.05) is 50.7 Å². The molecule has 3 aromatic rings. The number of benzene rings is 2. The Kier molecular flexibility index (Phi) is 5.23. The molecule has 1 atom stereocenters. The second kappa shape index (κ2) is 8.16. The number of fused-ring (bicyclic) bond motifs is 1. The standard InChI is InChI=1S/C23H25FN4O2/c24-18-5-7-19(8-6-18)28-16-17(15-22(28)29)23-25-20-3-1-2-4-21(20)27(23)10-9-26-11-13-30-14-12-26/h1-8,17H,9-16H2. The molecule has 0 spiro atoms. The number of carbonyl (C=O) groups is 1. The average molecular weight is 408 g/mol. The number of amides is 1. The van der Waals surface area contributed by atoms with E-state index in [0.29, 0.717) is 13.0 Å². The maximum absolute atomic E-state index is 13.3. The van der Waals surface area contributed by atoms with E-state index in [1.807, 2.05) is 18.2 Å². The lowest BCUT2D eigenvalue weighted by Gasteiger charge is -2.27. The van der Waals surface area contributed by atoms with E-state index >= 15 is 0 Å². The zero-order chi connectivity index (χ0) is 20.5. The Balaban J connectivity index is 1.42. The Morgan fingerprint density at radius 3 is 2.60 bits per heavy atom. The molecule has 0 N–H and O–H groups in total. The van der Waals surface area contributed by atoms with E-state index in [1.54, 1.807) is 17.0 Å². The van der Waals surface area contributed by atoms with Crippen LogP contribution in [0.4, 0.5) is 10.1 Å². The summed E-state index contributed by atoms with van der Waals surface area (Å²) in [5.74, 6) is 0.729. The van der Waals surface area contributed by atoms with Crippen molar-refractivity contribution in [1.82, 2.24) is 14.5 Å². The number of ether oxygens (including phenoxy) is 1. The quantitative estimate of drug-likeness (QED) is 0.651. The van der Waals surface area contributed by atoms with Crippen LogP contribution in [0.3, 0.4) is 0 Å². The molecule has 0 radical (unpaired) electrons. The molecular weight excluding hydrogens is 383 g/mol. The third kappa shape index (κ3) is 3.70. The van der Waals surface area contributed by atoms with Crippen LogP contribution in [0, 0.1) is 5.82 Å². The summed E-state index contributed by atoms with van der Waals surface area (Å²) in [6, 6.07) is 14.3. The van der Waals surface area contributed by atoms with Gasteiger partial charge < -0.3 is 14.2 Å². The van der Waals surface area contributed by atoms with Crippen LogP contribution in [-0.4, -0.2) is 59.8 Å². The Labute approximate surface area is 174 Å². The van der Waals surface area contributed by atoms with E-state index in [-0.39, 0.29) is 17.6 Å². The lowest BCUT2D eigenvalue weighted by atomic mass is 10.1. The number of nitrogens with zero attached hydrogens (tertiary/aromatic N) is 4. The van der Waals surface area contributed by atoms with Crippen molar-refractivity contribution in [3.63, 3.8) is 0 Å². The van der Waals surface area contributed by atoms with Gasteiger partial charge in [-0.25, -0.2) is 9.37 Å². The zero-order valence-corrected chi connectivity index (χ0v) is 16.8. The van der Waals surface area contributed by atoms with E-state index in [2.05, 4.69) is 15.5 Å². The maximum Gasteiger partial charge on any atom is 0.227 e. The van der Waals surface area contributed by atoms with Crippen molar-refractivity contribution >= 4 is 22.6 Å². The number of aromatic nitrogens is 2. The van der Waals surface area contributed by atoms with Crippen LogP contribution in [0.15, 0.2) is 48.5 Å². The van der Waals surface area contributed by atoms with Gasteiger partial charge in [-0.1, -0.05) is 12.1 Å². The van der Waals surface area contributed by atoms with E-state index in [9.17, 15) is 9.18 Å². The van der Waals surface area contributed by atoms with Crippen LogP contribution in [0.1, 0.15) is 18.2 Å². The Morgan fingerprint density at radius 2 is 1.80 bits per heavy atom. The van der Waals surface area contributed by atoms with Crippen molar-refractivity contribution in [3.05, 3.63) is 60.2 Å². The van der Waals surface area contributed by atoms with Gasteiger partial charge in [-0.15, -0.1) is 0 Å². The van der Waals surface area contributed by atoms with Gasteiger partial charge in [0.05, 0.1) is 24.2 Å². The van der Waals surface area contributed by atoms with Crippen LogP contribution in [0.5, 0.6) is 0 Å². The lowest BCUT2D eigenvalue weighted by molar-refractivity contribution is -0.117. The number of carbonyl (C=O) groups excluding carboxylic acids is 1. The number of para-hydroxylation sites is 2. The van der Waals surface area contributed by atoms with Crippen molar-refractivity contribution in [3.8, 4) is 0 Å². The molecule has 5 rings (SSSR count). The van der Waals surface area contributed by atoms with Crippen LogP contribution < -0.4 is 4.90 Å². The molecule has 3 heterocycles. The van der Waals surface area contributed by atoms with E-state index < -0.39 is 0 Å². The molecule has 2 saturated heterocycles. The molecule has 7 heteroatoms. The van der Waals surface area contributed by atoms with Gasteiger partial charge in [0.15, 0.2) is 0 Å². The molecule has 0 bridgehead atoms. The molecule has 6 nitrogen and oxygen atoms in total. The maximum atomic E-state index is 13.3. The zero-order valence-electron chi connectivity index (χ0n) is 16.8. The number of halogens is 1. The first-order valence-electron chi connectivity index (χ1n) is 10.5. The predicted octanol–water partition coefficient (Wildman–Crippen LogP) is 3.03. The highest BCUT2D eigenvalue weighted by molar-refractivity contribution is 5.96. The molecule has 1 aromatic heterocycles. The van der Waals surface area contributed by atoms with Crippen molar-refractivity contribution in [2.24, 2.45) is 0 Å². The number of hydrogen-bond donors (Lipinski definition) is 0. The SMILES string of the molecule is O=C1CC(c2nc3ccccc3n2CCN2CCOCC2)CN1c1ccc(F)cc1. The molecule has 2 aliphatic heterocycles. The van der Waals surface area contributed by atoms with Crippen molar-refractivity contribution < 1.29 is 13.9 Å². The summed E-state index contributed by atoms with van der Waals surface area (Å²) in [6.07, 6.45) is 0.415. The van der Waals surface area contributed by atoms with Gasteiger partial charge in [0.2, 0.25) is 5.91 Å². The molecule has 2 aliphatic rings. The summed E-state index contributed by atoms with van der Waals surface area (Å²) in [6.45, 7) is 5.77. The van der Waals surface area contributed by atoms with Crippen LogP contribution in [0.2, 0.25) is 0 Å². The van der Waals surface area contributed by atoms with Crippen LogP contribution >= 0.6 is 0 Å². The Morgan fingerprint density at radius 1 is 1.03 bits per heavy atom. The second-order valence-corrected chi connectivity index (χ2v) is 7.95. The summed E-state index contributed by atoms with van der Waals surface area (Å²) >= 11 is 0. The van der Waals surface area contributed by atoms with Crippen molar-refractivity contribution in [1.29, 1.82) is 0 Å². The van der Waals surface area contributed by atoms with E-state index in [4.69, 9.17) is 9.72 Å². The third-order valence-electron chi connectivity index (χ3n) is 6.06. The van der Waals surface area contributed by atoms with Gasteiger partial charge in [-0.05, 0) is 36.4 Å². The monoisotopic (exact) mass is 408 g/mol. The second-order valence-electron chi connectivity index (χ2n) is 7.95. The smallest absolute Gasteiger partial charge is 0.227 e. The third-order valence-corrected chi connectivity index (χ3v) is 6.06. The highest BCUT2D eigenvalue weighted by atomic mass is 19.1. The molecule has 156 valence electrons. The van der Waals surface area contributed by atoms with Gasteiger partial charge >= 0.3 is 0 Å². The minimum atomic E-state index is -0.299. The fourth-order valence-electron chi connectivity index (χ4n) is 4.46.